The number of sulfone groups is 1. The molecule has 2 aromatic rings. The predicted molar refractivity (Wildman–Crippen MR) is 96.6 cm³/mol. The number of aromatic nitrogens is 3. The summed E-state index contributed by atoms with van der Waals surface area (Å²) in [5.41, 5.74) is 0.932. The Morgan fingerprint density at radius 3 is 2.68 bits per heavy atom. The maximum Gasteiger partial charge on any atom is 0.233 e. The molecule has 0 bridgehead atoms. The van der Waals surface area contributed by atoms with Crippen LogP contribution in [0.5, 0.6) is 0 Å². The van der Waals surface area contributed by atoms with E-state index in [0.29, 0.717) is 11.6 Å². The molecule has 9 heteroatoms. The van der Waals surface area contributed by atoms with E-state index in [4.69, 9.17) is 0 Å². The molecule has 0 radical (unpaired) electrons. The van der Waals surface area contributed by atoms with E-state index >= 15 is 0 Å². The lowest BCUT2D eigenvalue weighted by molar-refractivity contribution is -0.120. The van der Waals surface area contributed by atoms with Crippen molar-refractivity contribution in [2.45, 2.75) is 36.7 Å². The van der Waals surface area contributed by atoms with Crippen molar-refractivity contribution in [3.8, 4) is 5.69 Å². The number of nitrogens with one attached hydrogen (secondary N) is 1. The van der Waals surface area contributed by atoms with Gasteiger partial charge in [-0.1, -0.05) is 30.0 Å². The van der Waals surface area contributed by atoms with E-state index in [1.54, 1.807) is 6.92 Å². The number of rotatable bonds is 5. The summed E-state index contributed by atoms with van der Waals surface area (Å²) in [6.45, 7) is 3.64. The summed E-state index contributed by atoms with van der Waals surface area (Å²) in [4.78, 5) is 12.4. The van der Waals surface area contributed by atoms with E-state index in [2.05, 4.69) is 15.5 Å². The number of amides is 1. The molecule has 0 aliphatic carbocycles. The lowest BCUT2D eigenvalue weighted by atomic mass is 10.2. The van der Waals surface area contributed by atoms with E-state index in [-0.39, 0.29) is 23.5 Å². The van der Waals surface area contributed by atoms with Gasteiger partial charge in [-0.25, -0.2) is 8.42 Å². The Labute approximate surface area is 151 Å². The molecule has 3 rings (SSSR count). The minimum Gasteiger partial charge on any atom is -0.351 e. The van der Waals surface area contributed by atoms with Gasteiger partial charge in [-0.05, 0) is 32.4 Å². The maximum atomic E-state index is 12.4. The Kier molecular flexibility index (Phi) is 5.14. The van der Waals surface area contributed by atoms with Crippen LogP contribution in [0.25, 0.3) is 5.69 Å². The third-order valence-electron chi connectivity index (χ3n) is 4.04. The minimum absolute atomic E-state index is 0.0232. The van der Waals surface area contributed by atoms with E-state index in [1.165, 1.54) is 11.8 Å². The molecule has 2 atom stereocenters. The third kappa shape index (κ3) is 4.21. The fraction of sp³-hybridized carbons (Fsp3) is 0.438. The lowest BCUT2D eigenvalue weighted by Gasteiger charge is -2.16. The summed E-state index contributed by atoms with van der Waals surface area (Å²) >= 11 is 1.31. The smallest absolute Gasteiger partial charge is 0.233 e. The highest BCUT2D eigenvalue weighted by Crippen LogP contribution is 2.26. The number of hydrogen-bond donors (Lipinski definition) is 1. The zero-order valence-corrected chi connectivity index (χ0v) is 15.7. The molecule has 134 valence electrons. The van der Waals surface area contributed by atoms with Crippen molar-refractivity contribution in [3.05, 3.63) is 36.2 Å². The van der Waals surface area contributed by atoms with Crippen LogP contribution in [0.15, 0.2) is 35.5 Å². The quantitative estimate of drug-likeness (QED) is 0.787. The minimum atomic E-state index is -3.01. The first-order valence-electron chi connectivity index (χ1n) is 8.00. The molecule has 0 spiro atoms. The number of benzene rings is 1. The van der Waals surface area contributed by atoms with Crippen molar-refractivity contribution in [1.29, 1.82) is 0 Å². The Morgan fingerprint density at radius 1 is 1.32 bits per heavy atom. The number of para-hydroxylation sites is 1. The van der Waals surface area contributed by atoms with Gasteiger partial charge in [0.15, 0.2) is 15.0 Å². The summed E-state index contributed by atoms with van der Waals surface area (Å²) in [6, 6.07) is 9.40. The highest BCUT2D eigenvalue weighted by atomic mass is 32.2. The lowest BCUT2D eigenvalue weighted by Crippen LogP contribution is -2.40. The summed E-state index contributed by atoms with van der Waals surface area (Å²) in [7, 11) is -3.01. The van der Waals surface area contributed by atoms with Gasteiger partial charge in [0, 0.05) is 11.7 Å². The van der Waals surface area contributed by atoms with Crippen LogP contribution in [0.2, 0.25) is 0 Å². The van der Waals surface area contributed by atoms with Gasteiger partial charge in [-0.3, -0.25) is 9.36 Å². The molecule has 1 aliphatic rings. The molecule has 0 unspecified atom stereocenters. The van der Waals surface area contributed by atoms with Gasteiger partial charge in [0.1, 0.15) is 5.82 Å². The van der Waals surface area contributed by atoms with Crippen molar-refractivity contribution in [1.82, 2.24) is 20.1 Å². The molecule has 1 aromatic carbocycles. The van der Waals surface area contributed by atoms with E-state index in [1.807, 2.05) is 41.8 Å². The summed E-state index contributed by atoms with van der Waals surface area (Å²) < 4.78 is 24.9. The normalized spacial score (nSPS) is 20.3. The number of hydrogen-bond acceptors (Lipinski definition) is 6. The number of carbonyl (C=O) groups is 1. The highest BCUT2D eigenvalue weighted by Gasteiger charge is 2.30. The second kappa shape index (κ2) is 7.17. The number of thioether (sulfide) groups is 1. The average Bonchev–Trinajstić information content (AvgIpc) is 3.10. The van der Waals surface area contributed by atoms with Crippen molar-refractivity contribution >= 4 is 27.5 Å². The average molecular weight is 380 g/mol. The van der Waals surface area contributed by atoms with Gasteiger partial charge in [-0.2, -0.15) is 0 Å². The summed E-state index contributed by atoms with van der Waals surface area (Å²) in [5, 5.41) is 11.3. The van der Waals surface area contributed by atoms with Crippen LogP contribution in [-0.2, 0) is 14.6 Å². The SMILES string of the molecule is Cc1nnc(S[C@H](C)C(=O)N[C@@H]2CCS(=O)(=O)C2)n1-c1ccccc1. The summed E-state index contributed by atoms with van der Waals surface area (Å²) in [6.07, 6.45) is 0.477. The van der Waals surface area contributed by atoms with E-state index in [0.717, 1.165) is 11.5 Å². The number of nitrogens with zero attached hydrogens (tertiary/aromatic N) is 3. The van der Waals surface area contributed by atoms with E-state index in [9.17, 15) is 13.2 Å². The number of carbonyl (C=O) groups excluding carboxylic acids is 1. The standard InChI is InChI=1S/C16H20N4O3S2/c1-11(15(21)17-13-8-9-25(22,23)10-13)24-16-19-18-12(2)20(16)14-6-4-3-5-7-14/h3-7,11,13H,8-10H2,1-2H3,(H,17,21)/t11-,13-/m1/s1. The first-order valence-corrected chi connectivity index (χ1v) is 10.7. The fourth-order valence-corrected chi connectivity index (χ4v) is 5.33. The van der Waals surface area contributed by atoms with Crippen LogP contribution >= 0.6 is 11.8 Å². The largest absolute Gasteiger partial charge is 0.351 e. The molecule has 25 heavy (non-hydrogen) atoms. The second-order valence-corrected chi connectivity index (χ2v) is 9.61. The predicted octanol–water partition coefficient (Wildman–Crippen LogP) is 1.36. The van der Waals surface area contributed by atoms with Crippen molar-refractivity contribution in [3.63, 3.8) is 0 Å². The first kappa shape index (κ1) is 17.9. The van der Waals surface area contributed by atoms with Gasteiger partial charge in [0.25, 0.3) is 0 Å². The van der Waals surface area contributed by atoms with Crippen molar-refractivity contribution in [2.24, 2.45) is 0 Å². The Bertz CT molecular complexity index is 865. The first-order chi connectivity index (χ1) is 11.9. The van der Waals surface area contributed by atoms with Crippen LogP contribution in [0, 0.1) is 6.92 Å². The maximum absolute atomic E-state index is 12.4. The fourth-order valence-electron chi connectivity index (χ4n) is 2.73. The molecule has 2 heterocycles. The topological polar surface area (TPSA) is 94.0 Å². The van der Waals surface area contributed by atoms with Gasteiger partial charge in [0.2, 0.25) is 5.91 Å². The molecule has 0 saturated carbocycles. The molecule has 1 N–H and O–H groups in total. The second-order valence-electron chi connectivity index (χ2n) is 6.07. The summed E-state index contributed by atoms with van der Waals surface area (Å²) in [5.74, 6) is 0.715. The number of aryl methyl sites for hydroxylation is 1. The molecule has 1 fully saturated rings. The molecule has 7 nitrogen and oxygen atoms in total. The Morgan fingerprint density at radius 2 is 2.04 bits per heavy atom. The molecular formula is C16H20N4O3S2. The molecule has 1 aliphatic heterocycles. The van der Waals surface area contributed by atoms with Crippen LogP contribution < -0.4 is 5.32 Å². The van der Waals surface area contributed by atoms with Crippen LogP contribution in [-0.4, -0.2) is 51.9 Å². The zero-order chi connectivity index (χ0) is 18.0. The molecular weight excluding hydrogens is 360 g/mol. The van der Waals surface area contributed by atoms with Gasteiger partial charge in [0.05, 0.1) is 16.8 Å². The van der Waals surface area contributed by atoms with Crippen LogP contribution in [0.3, 0.4) is 0 Å². The van der Waals surface area contributed by atoms with Crippen molar-refractivity contribution in [2.75, 3.05) is 11.5 Å². The molecule has 1 aromatic heterocycles. The highest BCUT2D eigenvalue weighted by molar-refractivity contribution is 8.00. The molecule has 1 amide bonds. The zero-order valence-electron chi connectivity index (χ0n) is 14.0. The van der Waals surface area contributed by atoms with Crippen LogP contribution in [0.1, 0.15) is 19.2 Å². The van der Waals surface area contributed by atoms with Crippen molar-refractivity contribution < 1.29 is 13.2 Å². The third-order valence-corrected chi connectivity index (χ3v) is 6.85. The van der Waals surface area contributed by atoms with Crippen LogP contribution in [0.4, 0.5) is 0 Å². The van der Waals surface area contributed by atoms with Gasteiger partial charge < -0.3 is 5.32 Å². The monoisotopic (exact) mass is 380 g/mol. The van der Waals surface area contributed by atoms with E-state index < -0.39 is 15.1 Å². The van der Waals surface area contributed by atoms with Gasteiger partial charge in [-0.15, -0.1) is 10.2 Å². The Balaban J connectivity index is 1.69. The Hall–Kier alpha value is -1.87. The molecule has 1 saturated heterocycles. The van der Waals surface area contributed by atoms with Gasteiger partial charge >= 0.3 is 0 Å².